The third-order valence-electron chi connectivity index (χ3n) is 5.59. The van der Waals surface area contributed by atoms with Crippen LogP contribution in [0.15, 0.2) is 53.7 Å². The van der Waals surface area contributed by atoms with Crippen LogP contribution in [0.25, 0.3) is 0 Å². The summed E-state index contributed by atoms with van der Waals surface area (Å²) in [7, 11) is 1.97. The number of hydrogen-bond donors (Lipinski definition) is 1. The zero-order chi connectivity index (χ0) is 21.8. The molecule has 2 unspecified atom stereocenters. The highest BCUT2D eigenvalue weighted by molar-refractivity contribution is 7.91. The Bertz CT molecular complexity index is 1040. The van der Waals surface area contributed by atoms with Crippen LogP contribution in [0.5, 0.6) is 0 Å². The first-order valence-corrected chi connectivity index (χ1v) is 11.8. The second kappa shape index (κ2) is 9.62. The van der Waals surface area contributed by atoms with Crippen LogP contribution in [0.4, 0.5) is 21.8 Å². The van der Waals surface area contributed by atoms with Gasteiger partial charge in [0.2, 0.25) is 10.8 Å². The quantitative estimate of drug-likeness (QED) is 0.523. The van der Waals surface area contributed by atoms with Crippen molar-refractivity contribution < 1.29 is 8.94 Å². The molecule has 162 valence electrons. The molecule has 0 spiro atoms. The van der Waals surface area contributed by atoms with Crippen molar-refractivity contribution in [2.75, 3.05) is 29.6 Å². The summed E-state index contributed by atoms with van der Waals surface area (Å²) in [6.45, 7) is 2.97. The first kappa shape index (κ1) is 21.5. The standard InChI is InChI=1S/C23H26FN5OS/c1-3-16(17-7-11-25-12-8-17)9-13-29(2)23-27-20-10-14-31(30)21(20)22(28-23)26-19-6-4-5-18(24)15-19/h4-8,11-12,15-16H,3,9-10,13-14H2,1-2H3,(H,26,27,28). The molecule has 1 aromatic carbocycles. The molecule has 4 rings (SSSR count). The summed E-state index contributed by atoms with van der Waals surface area (Å²) in [5.41, 5.74) is 2.65. The van der Waals surface area contributed by atoms with Gasteiger partial charge in [-0.2, -0.15) is 4.98 Å². The molecule has 3 heterocycles. The van der Waals surface area contributed by atoms with E-state index >= 15 is 0 Å². The van der Waals surface area contributed by atoms with E-state index in [9.17, 15) is 8.94 Å². The molecule has 3 aromatic rings. The number of aryl methyl sites for hydroxylation is 1. The van der Waals surface area contributed by atoms with Crippen LogP contribution in [0.2, 0.25) is 0 Å². The maximum atomic E-state index is 13.6. The molecule has 0 saturated carbocycles. The Kier molecular flexibility index (Phi) is 6.67. The van der Waals surface area contributed by atoms with E-state index in [2.05, 4.69) is 34.3 Å². The van der Waals surface area contributed by atoms with Crippen molar-refractivity contribution in [1.82, 2.24) is 15.0 Å². The Morgan fingerprint density at radius 3 is 2.77 bits per heavy atom. The van der Waals surface area contributed by atoms with Gasteiger partial charge in [0, 0.05) is 38.1 Å². The lowest BCUT2D eigenvalue weighted by atomic mass is 9.94. The maximum absolute atomic E-state index is 13.6. The topological polar surface area (TPSA) is 77.0 Å². The van der Waals surface area contributed by atoms with Crippen LogP contribution in [0.3, 0.4) is 0 Å². The number of rotatable bonds is 8. The number of anilines is 3. The molecular formula is C23H26FN5OS. The molecule has 0 radical (unpaired) electrons. The Balaban J connectivity index is 1.55. The lowest BCUT2D eigenvalue weighted by Gasteiger charge is -2.22. The second-order valence-corrected chi connectivity index (χ2v) is 9.19. The second-order valence-electron chi connectivity index (χ2n) is 7.68. The van der Waals surface area contributed by atoms with Crippen molar-refractivity contribution in [3.63, 3.8) is 0 Å². The number of nitrogens with one attached hydrogen (secondary N) is 1. The summed E-state index contributed by atoms with van der Waals surface area (Å²) in [5, 5.41) is 3.15. The fourth-order valence-electron chi connectivity index (χ4n) is 3.83. The molecule has 1 N–H and O–H groups in total. The van der Waals surface area contributed by atoms with Gasteiger partial charge in [-0.25, -0.2) is 9.37 Å². The number of halogens is 1. The number of hydrogen-bond acceptors (Lipinski definition) is 6. The van der Waals surface area contributed by atoms with Crippen LogP contribution in [-0.2, 0) is 17.6 Å². The fraction of sp³-hybridized carbons (Fsp3) is 0.348. The summed E-state index contributed by atoms with van der Waals surface area (Å²) in [5.74, 6) is 1.71. The van der Waals surface area contributed by atoms with Crippen LogP contribution >= 0.6 is 0 Å². The van der Waals surface area contributed by atoms with Gasteiger partial charge in [0.05, 0.1) is 0 Å². The van der Waals surface area contributed by atoms with Crippen LogP contribution in [0.1, 0.15) is 36.9 Å². The molecule has 2 atom stereocenters. The lowest BCUT2D eigenvalue weighted by Crippen LogP contribution is -2.24. The van der Waals surface area contributed by atoms with Crippen molar-refractivity contribution in [2.45, 2.75) is 37.0 Å². The van der Waals surface area contributed by atoms with E-state index in [1.807, 2.05) is 24.3 Å². The van der Waals surface area contributed by atoms with Crippen molar-refractivity contribution in [3.05, 3.63) is 65.9 Å². The van der Waals surface area contributed by atoms with Gasteiger partial charge in [0.1, 0.15) is 17.3 Å². The van der Waals surface area contributed by atoms with Crippen molar-refractivity contribution in [3.8, 4) is 0 Å². The van der Waals surface area contributed by atoms with E-state index in [0.717, 1.165) is 25.1 Å². The highest BCUT2D eigenvalue weighted by Crippen LogP contribution is 2.34. The highest BCUT2D eigenvalue weighted by Gasteiger charge is 2.32. The van der Waals surface area contributed by atoms with Crippen LogP contribution in [-0.4, -0.2) is 38.8 Å². The number of aromatic nitrogens is 3. The van der Waals surface area contributed by atoms with Crippen LogP contribution in [0, 0.1) is 5.82 Å². The number of nitrogens with zero attached hydrogens (tertiary/aromatic N) is 4. The Labute approximate surface area is 185 Å². The first-order chi connectivity index (χ1) is 15.0. The van der Waals surface area contributed by atoms with E-state index in [0.29, 0.717) is 40.4 Å². The summed E-state index contributed by atoms with van der Waals surface area (Å²) >= 11 is -1.15. The van der Waals surface area contributed by atoms with Crippen LogP contribution < -0.4 is 10.2 Å². The Hall–Kier alpha value is -2.71. The first-order valence-electron chi connectivity index (χ1n) is 10.5. The van der Waals surface area contributed by atoms with E-state index in [1.54, 1.807) is 12.1 Å². The number of benzene rings is 1. The fourth-order valence-corrected chi connectivity index (χ4v) is 5.14. The van der Waals surface area contributed by atoms with Gasteiger partial charge in [0.15, 0.2) is 5.82 Å². The van der Waals surface area contributed by atoms with E-state index in [-0.39, 0.29) is 5.82 Å². The molecule has 0 amide bonds. The predicted molar refractivity (Wildman–Crippen MR) is 122 cm³/mol. The third-order valence-corrected chi connectivity index (χ3v) is 7.05. The molecular weight excluding hydrogens is 413 g/mol. The van der Waals surface area contributed by atoms with Gasteiger partial charge in [-0.05, 0) is 65.8 Å². The summed E-state index contributed by atoms with van der Waals surface area (Å²) in [6, 6.07) is 10.3. The van der Waals surface area contributed by atoms with Gasteiger partial charge in [0.25, 0.3) is 0 Å². The molecule has 2 aromatic heterocycles. The number of pyridine rings is 1. The van der Waals surface area contributed by atoms with Gasteiger partial charge in [-0.15, -0.1) is 0 Å². The molecule has 0 aliphatic carbocycles. The van der Waals surface area contributed by atoms with Crippen molar-refractivity contribution in [1.29, 1.82) is 0 Å². The number of fused-ring (bicyclic) bond motifs is 1. The molecule has 1 aliphatic rings. The minimum Gasteiger partial charge on any atom is -0.611 e. The maximum Gasteiger partial charge on any atom is 0.227 e. The smallest absolute Gasteiger partial charge is 0.227 e. The van der Waals surface area contributed by atoms with E-state index in [4.69, 9.17) is 4.98 Å². The van der Waals surface area contributed by atoms with Crippen molar-refractivity contribution in [2.24, 2.45) is 0 Å². The molecule has 0 fully saturated rings. The average molecular weight is 440 g/mol. The molecule has 0 bridgehead atoms. The van der Waals surface area contributed by atoms with E-state index < -0.39 is 11.2 Å². The molecule has 31 heavy (non-hydrogen) atoms. The largest absolute Gasteiger partial charge is 0.611 e. The Morgan fingerprint density at radius 1 is 1.23 bits per heavy atom. The minimum atomic E-state index is -1.15. The van der Waals surface area contributed by atoms with Gasteiger partial charge in [-0.1, -0.05) is 13.0 Å². The van der Waals surface area contributed by atoms with Gasteiger partial charge >= 0.3 is 0 Å². The normalized spacial score (nSPS) is 16.1. The van der Waals surface area contributed by atoms with Crippen molar-refractivity contribution >= 4 is 28.6 Å². The molecule has 0 saturated heterocycles. The predicted octanol–water partition coefficient (Wildman–Crippen LogP) is 4.44. The molecule has 8 heteroatoms. The lowest BCUT2D eigenvalue weighted by molar-refractivity contribution is 0.597. The molecule has 1 aliphatic heterocycles. The monoisotopic (exact) mass is 439 g/mol. The highest BCUT2D eigenvalue weighted by atomic mass is 32.2. The summed E-state index contributed by atoms with van der Waals surface area (Å²) in [6.07, 6.45) is 6.30. The molecule has 6 nitrogen and oxygen atoms in total. The summed E-state index contributed by atoms with van der Waals surface area (Å²) in [4.78, 5) is 16.1. The minimum absolute atomic E-state index is 0.337. The average Bonchev–Trinajstić information content (AvgIpc) is 3.16. The van der Waals surface area contributed by atoms with Gasteiger partial charge in [-0.3, -0.25) is 4.98 Å². The SMILES string of the molecule is CCC(CCN(C)c1nc2c(c(Nc3cccc(F)c3)n1)[S+]([O-])CC2)c1ccncc1. The van der Waals surface area contributed by atoms with E-state index in [1.165, 1.54) is 17.7 Å². The Morgan fingerprint density at radius 2 is 2.03 bits per heavy atom. The zero-order valence-corrected chi connectivity index (χ0v) is 18.5. The third kappa shape index (κ3) is 4.97. The zero-order valence-electron chi connectivity index (χ0n) is 17.7. The summed E-state index contributed by atoms with van der Waals surface area (Å²) < 4.78 is 26.2. The van der Waals surface area contributed by atoms with Gasteiger partial charge < -0.3 is 14.8 Å².